The molecule has 1 aliphatic carbocycles. The molecule has 0 bridgehead atoms. The molecule has 0 amide bonds. The van der Waals surface area contributed by atoms with Crippen molar-refractivity contribution in [2.24, 2.45) is 4.99 Å². The zero-order chi connectivity index (χ0) is 14.8. The molecular weight excluding hydrogens is 348 g/mol. The number of nitrogens with zero attached hydrogens (tertiary/aromatic N) is 2. The number of thiophene rings is 1. The van der Waals surface area contributed by atoms with E-state index in [1.54, 1.807) is 35.8 Å². The van der Waals surface area contributed by atoms with Crippen molar-refractivity contribution in [1.82, 2.24) is 0 Å². The Hall–Kier alpha value is -1.64. The highest BCUT2D eigenvalue weighted by molar-refractivity contribution is 9.10. The Bertz CT molecular complexity index is 758. The summed E-state index contributed by atoms with van der Waals surface area (Å²) >= 11 is 4.98. The first-order valence-corrected chi connectivity index (χ1v) is 8.37. The second kappa shape index (κ2) is 6.00. The van der Waals surface area contributed by atoms with Gasteiger partial charge in [-0.15, -0.1) is 11.3 Å². The summed E-state index contributed by atoms with van der Waals surface area (Å²) in [5.74, 6) is 0.182. The van der Waals surface area contributed by atoms with E-state index in [1.807, 2.05) is 0 Å². The van der Waals surface area contributed by atoms with Crippen molar-refractivity contribution in [3.63, 3.8) is 0 Å². The van der Waals surface area contributed by atoms with Crippen LogP contribution in [0.2, 0.25) is 0 Å². The van der Waals surface area contributed by atoms with Crippen molar-refractivity contribution in [3.8, 4) is 11.8 Å². The van der Waals surface area contributed by atoms with Crippen molar-refractivity contribution in [2.45, 2.75) is 25.7 Å². The molecule has 0 saturated carbocycles. The lowest BCUT2D eigenvalue weighted by Gasteiger charge is -2.09. The van der Waals surface area contributed by atoms with Gasteiger partial charge in [0.25, 0.3) is 0 Å². The number of rotatable bonds is 2. The summed E-state index contributed by atoms with van der Waals surface area (Å²) in [4.78, 5) is 5.74. The van der Waals surface area contributed by atoms with Crippen LogP contribution in [0.15, 0.2) is 27.7 Å². The Balaban J connectivity index is 1.98. The van der Waals surface area contributed by atoms with E-state index in [-0.39, 0.29) is 5.75 Å². The maximum Gasteiger partial charge on any atom is 0.134 e. The van der Waals surface area contributed by atoms with Crippen LogP contribution in [0.4, 0.5) is 5.00 Å². The number of nitriles is 1. The van der Waals surface area contributed by atoms with E-state index in [4.69, 9.17) is 0 Å². The molecule has 1 aliphatic rings. The fourth-order valence-corrected chi connectivity index (χ4v) is 4.08. The molecule has 1 aromatic carbocycles. The molecule has 0 saturated heterocycles. The minimum Gasteiger partial charge on any atom is -0.507 e. The fourth-order valence-electron chi connectivity index (χ4n) is 2.51. The van der Waals surface area contributed by atoms with Crippen molar-refractivity contribution >= 4 is 38.5 Å². The van der Waals surface area contributed by atoms with E-state index >= 15 is 0 Å². The number of aliphatic imine (C=N–C) groups is 1. The topological polar surface area (TPSA) is 56.4 Å². The third-order valence-electron chi connectivity index (χ3n) is 3.57. The molecule has 1 aromatic heterocycles. The lowest BCUT2D eigenvalue weighted by Crippen LogP contribution is -1.99. The first-order chi connectivity index (χ1) is 10.2. The van der Waals surface area contributed by atoms with Gasteiger partial charge in [0.1, 0.15) is 16.8 Å². The second-order valence-corrected chi connectivity index (χ2v) is 6.96. The molecule has 1 N–H and O–H groups in total. The smallest absolute Gasteiger partial charge is 0.134 e. The van der Waals surface area contributed by atoms with Gasteiger partial charge in [-0.1, -0.05) is 15.9 Å². The maximum atomic E-state index is 9.83. The predicted molar refractivity (Wildman–Crippen MR) is 88.7 cm³/mol. The van der Waals surface area contributed by atoms with Gasteiger partial charge < -0.3 is 5.11 Å². The summed E-state index contributed by atoms with van der Waals surface area (Å²) < 4.78 is 0.882. The Kier molecular flexibility index (Phi) is 4.09. The van der Waals surface area contributed by atoms with Gasteiger partial charge in [0.15, 0.2) is 0 Å². The largest absolute Gasteiger partial charge is 0.507 e. The maximum absolute atomic E-state index is 9.83. The zero-order valence-electron chi connectivity index (χ0n) is 11.3. The van der Waals surface area contributed by atoms with Crippen LogP contribution >= 0.6 is 27.3 Å². The number of hydrogen-bond acceptors (Lipinski definition) is 4. The molecule has 5 heteroatoms. The van der Waals surface area contributed by atoms with Gasteiger partial charge in [-0.2, -0.15) is 5.26 Å². The van der Waals surface area contributed by atoms with Gasteiger partial charge in [0.05, 0.1) is 5.56 Å². The number of halogens is 1. The number of benzene rings is 1. The first-order valence-electron chi connectivity index (χ1n) is 6.76. The van der Waals surface area contributed by atoms with E-state index in [9.17, 15) is 10.4 Å². The number of hydrogen-bond donors (Lipinski definition) is 1. The monoisotopic (exact) mass is 360 g/mol. The average molecular weight is 361 g/mol. The van der Waals surface area contributed by atoms with E-state index in [0.29, 0.717) is 11.1 Å². The minimum atomic E-state index is 0.182. The van der Waals surface area contributed by atoms with E-state index < -0.39 is 0 Å². The van der Waals surface area contributed by atoms with Crippen LogP contribution in [0, 0.1) is 11.3 Å². The molecule has 2 aromatic rings. The van der Waals surface area contributed by atoms with Crippen LogP contribution in [0.1, 0.15) is 34.4 Å². The summed E-state index contributed by atoms with van der Waals surface area (Å²) in [6, 6.07) is 7.49. The molecule has 0 radical (unpaired) electrons. The second-order valence-electron chi connectivity index (χ2n) is 4.96. The highest BCUT2D eigenvalue weighted by atomic mass is 79.9. The number of phenolic OH excluding ortho intramolecular Hbond substituents is 1. The molecule has 3 nitrogen and oxygen atoms in total. The molecule has 0 atom stereocenters. The summed E-state index contributed by atoms with van der Waals surface area (Å²) in [6.07, 6.45) is 5.98. The van der Waals surface area contributed by atoms with Crippen molar-refractivity contribution in [2.75, 3.05) is 0 Å². The summed E-state index contributed by atoms with van der Waals surface area (Å²) in [5, 5.41) is 20.0. The van der Waals surface area contributed by atoms with Gasteiger partial charge >= 0.3 is 0 Å². The quantitative estimate of drug-likeness (QED) is 0.787. The van der Waals surface area contributed by atoms with Crippen LogP contribution in [-0.2, 0) is 12.8 Å². The van der Waals surface area contributed by atoms with Gasteiger partial charge in [0.2, 0.25) is 0 Å². The number of aromatic hydroxyl groups is 1. The fraction of sp³-hybridized carbons (Fsp3) is 0.250. The number of aryl methyl sites for hydroxylation is 1. The SMILES string of the molecule is N#Cc1c(/N=C/c2cc(Br)ccc2O)sc2c1CCCC2. The van der Waals surface area contributed by atoms with Crippen molar-refractivity contribution in [3.05, 3.63) is 44.2 Å². The molecule has 0 spiro atoms. The minimum absolute atomic E-state index is 0.182. The molecule has 21 heavy (non-hydrogen) atoms. The zero-order valence-corrected chi connectivity index (χ0v) is 13.7. The molecule has 1 heterocycles. The highest BCUT2D eigenvalue weighted by Gasteiger charge is 2.20. The van der Waals surface area contributed by atoms with Crippen molar-refractivity contribution in [1.29, 1.82) is 5.26 Å². The highest BCUT2D eigenvalue weighted by Crippen LogP contribution is 2.39. The molecular formula is C16H13BrN2OS. The standard InChI is InChI=1S/C16H13BrN2OS/c17-11-5-6-14(20)10(7-11)9-19-16-13(8-18)12-3-1-2-4-15(12)21-16/h5-7,9,20H,1-4H2/b19-9+. The Morgan fingerprint density at radius 2 is 2.14 bits per heavy atom. The molecule has 3 rings (SSSR count). The molecule has 0 unspecified atom stereocenters. The van der Waals surface area contributed by atoms with E-state index in [0.717, 1.165) is 28.7 Å². The van der Waals surface area contributed by atoms with Gasteiger partial charge in [-0.3, -0.25) is 0 Å². The van der Waals surface area contributed by atoms with Gasteiger partial charge in [-0.25, -0.2) is 4.99 Å². The normalized spacial score (nSPS) is 14.1. The Labute approximate surface area is 135 Å². The number of phenols is 1. The lowest BCUT2D eigenvalue weighted by atomic mass is 9.96. The van der Waals surface area contributed by atoms with Crippen molar-refractivity contribution < 1.29 is 5.11 Å². The van der Waals surface area contributed by atoms with Crippen LogP contribution in [-0.4, -0.2) is 11.3 Å². The first kappa shape index (κ1) is 14.3. The predicted octanol–water partition coefficient (Wildman–Crippen LogP) is 4.72. The van der Waals surface area contributed by atoms with E-state index in [1.165, 1.54) is 16.9 Å². The van der Waals surface area contributed by atoms with Crippen LogP contribution < -0.4 is 0 Å². The average Bonchev–Trinajstić information content (AvgIpc) is 2.85. The van der Waals surface area contributed by atoms with Gasteiger partial charge in [-0.05, 0) is 49.4 Å². The van der Waals surface area contributed by atoms with Crippen LogP contribution in [0.3, 0.4) is 0 Å². The van der Waals surface area contributed by atoms with E-state index in [2.05, 4.69) is 27.0 Å². The third kappa shape index (κ3) is 2.87. The summed E-state index contributed by atoms with van der Waals surface area (Å²) in [7, 11) is 0. The van der Waals surface area contributed by atoms with Gasteiger partial charge in [0, 0.05) is 21.1 Å². The molecule has 0 aliphatic heterocycles. The third-order valence-corrected chi connectivity index (χ3v) is 5.27. The summed E-state index contributed by atoms with van der Waals surface area (Å²) in [6.45, 7) is 0. The Morgan fingerprint density at radius 1 is 1.33 bits per heavy atom. The molecule has 0 fully saturated rings. The van der Waals surface area contributed by atoms with Crippen LogP contribution in [0.25, 0.3) is 0 Å². The lowest BCUT2D eigenvalue weighted by molar-refractivity contribution is 0.474. The summed E-state index contributed by atoms with van der Waals surface area (Å²) in [5.41, 5.74) is 2.53. The number of fused-ring (bicyclic) bond motifs is 1. The molecule has 106 valence electrons. The Morgan fingerprint density at radius 3 is 2.95 bits per heavy atom. The van der Waals surface area contributed by atoms with Crippen LogP contribution in [0.5, 0.6) is 5.75 Å².